The zero-order valence-corrected chi connectivity index (χ0v) is 15.2. The van der Waals surface area contributed by atoms with E-state index in [4.69, 9.17) is 0 Å². The van der Waals surface area contributed by atoms with E-state index in [1.165, 1.54) is 17.3 Å². The highest BCUT2D eigenvalue weighted by Crippen LogP contribution is 2.28. The summed E-state index contributed by atoms with van der Waals surface area (Å²) >= 11 is 0. The van der Waals surface area contributed by atoms with Gasteiger partial charge in [-0.05, 0) is 30.9 Å². The number of carbonyl (C=O) groups excluding carboxylic acids is 2. The molecule has 0 spiro atoms. The Hall–Kier alpha value is -2.96. The lowest BCUT2D eigenvalue weighted by atomic mass is 10.1. The number of rotatable bonds is 4. The van der Waals surface area contributed by atoms with Crippen LogP contribution >= 0.6 is 0 Å². The quantitative estimate of drug-likeness (QED) is 0.824. The van der Waals surface area contributed by atoms with Crippen LogP contribution in [0.3, 0.4) is 0 Å². The summed E-state index contributed by atoms with van der Waals surface area (Å²) in [6.07, 6.45) is 3.43. The second-order valence-electron chi connectivity index (χ2n) is 7.35. The Bertz CT molecular complexity index is 927. The summed E-state index contributed by atoms with van der Waals surface area (Å²) in [7, 11) is 0. The third-order valence-corrected chi connectivity index (χ3v) is 5.34. The first-order valence-electron chi connectivity index (χ1n) is 9.20. The molecule has 1 unspecified atom stereocenters. The number of carbonyl (C=O) groups is 2. The van der Waals surface area contributed by atoms with E-state index in [1.807, 2.05) is 17.0 Å². The summed E-state index contributed by atoms with van der Waals surface area (Å²) in [5.74, 6) is 0.326. The molecular weight excluding hydrogens is 344 g/mol. The van der Waals surface area contributed by atoms with E-state index in [-0.39, 0.29) is 35.9 Å². The lowest BCUT2D eigenvalue weighted by Crippen LogP contribution is -2.41. The van der Waals surface area contributed by atoms with Gasteiger partial charge in [0.05, 0.1) is 12.5 Å². The van der Waals surface area contributed by atoms with Gasteiger partial charge < -0.3 is 15.2 Å². The molecule has 7 nitrogen and oxygen atoms in total. The molecule has 2 heterocycles. The minimum atomic E-state index is -0.300. The van der Waals surface area contributed by atoms with E-state index in [2.05, 4.69) is 27.4 Å². The third kappa shape index (κ3) is 3.63. The number of benzene rings is 1. The normalized spacial score (nSPS) is 19.4. The predicted octanol–water partition coefficient (Wildman–Crippen LogP) is 0.505. The zero-order valence-electron chi connectivity index (χ0n) is 15.2. The topological polar surface area (TPSA) is 95.2 Å². The Labute approximate surface area is 156 Å². The second-order valence-corrected chi connectivity index (χ2v) is 7.35. The van der Waals surface area contributed by atoms with Gasteiger partial charge in [-0.25, -0.2) is 4.98 Å². The van der Waals surface area contributed by atoms with E-state index in [0.29, 0.717) is 24.4 Å². The van der Waals surface area contributed by atoms with E-state index in [9.17, 15) is 14.4 Å². The van der Waals surface area contributed by atoms with Crippen molar-refractivity contribution in [2.24, 2.45) is 0 Å². The van der Waals surface area contributed by atoms with Crippen LogP contribution in [0.25, 0.3) is 0 Å². The molecule has 2 aromatic rings. The Morgan fingerprint density at radius 3 is 2.59 bits per heavy atom. The van der Waals surface area contributed by atoms with Gasteiger partial charge in [0.2, 0.25) is 11.8 Å². The molecule has 4 rings (SSSR count). The van der Waals surface area contributed by atoms with Crippen LogP contribution in [0.1, 0.15) is 28.9 Å². The van der Waals surface area contributed by atoms with Gasteiger partial charge in [0.25, 0.3) is 5.56 Å². The molecule has 1 atom stereocenters. The molecule has 2 amide bonds. The number of fused-ring (bicyclic) bond motifs is 1. The molecule has 1 aromatic carbocycles. The fourth-order valence-corrected chi connectivity index (χ4v) is 4.03. The summed E-state index contributed by atoms with van der Waals surface area (Å²) in [6, 6.07) is 8.23. The van der Waals surface area contributed by atoms with Gasteiger partial charge in [-0.3, -0.25) is 14.4 Å². The van der Waals surface area contributed by atoms with Crippen LogP contribution in [-0.2, 0) is 28.9 Å². The molecule has 0 radical (unpaired) electrons. The molecule has 1 saturated heterocycles. The van der Waals surface area contributed by atoms with Crippen molar-refractivity contribution >= 4 is 11.8 Å². The van der Waals surface area contributed by atoms with Gasteiger partial charge >= 0.3 is 0 Å². The molecule has 1 aromatic heterocycles. The average molecular weight is 366 g/mol. The highest BCUT2D eigenvalue weighted by atomic mass is 16.2. The molecule has 2 N–H and O–H groups in total. The zero-order chi connectivity index (χ0) is 19.0. The maximum absolute atomic E-state index is 12.5. The standard InChI is InChI=1S/C20H22N4O3/c1-12-21-10-15(20(27)22-12)8-18(25)23-16-9-19(26)24(11-16)17-6-13-4-2-3-5-14(13)7-17/h2-5,10,16-17H,6-9,11H2,1H3,(H,23,25)(H,21,22,27). The number of hydrogen-bond acceptors (Lipinski definition) is 4. The number of hydrogen-bond donors (Lipinski definition) is 2. The fourth-order valence-electron chi connectivity index (χ4n) is 4.03. The number of aromatic amines is 1. The smallest absolute Gasteiger partial charge is 0.254 e. The summed E-state index contributed by atoms with van der Waals surface area (Å²) < 4.78 is 0. The van der Waals surface area contributed by atoms with Crippen LogP contribution in [0.4, 0.5) is 0 Å². The first-order valence-corrected chi connectivity index (χ1v) is 9.20. The van der Waals surface area contributed by atoms with Gasteiger partial charge in [-0.15, -0.1) is 0 Å². The van der Waals surface area contributed by atoms with Crippen molar-refractivity contribution in [1.82, 2.24) is 20.2 Å². The molecule has 1 fully saturated rings. The number of nitrogens with one attached hydrogen (secondary N) is 2. The monoisotopic (exact) mass is 366 g/mol. The van der Waals surface area contributed by atoms with Crippen LogP contribution in [-0.4, -0.2) is 45.3 Å². The second kappa shape index (κ2) is 6.98. The number of aromatic nitrogens is 2. The molecule has 27 heavy (non-hydrogen) atoms. The highest BCUT2D eigenvalue weighted by molar-refractivity contribution is 5.83. The minimum absolute atomic E-state index is 0.0395. The van der Waals surface area contributed by atoms with E-state index in [1.54, 1.807) is 6.92 Å². The van der Waals surface area contributed by atoms with Gasteiger partial charge in [-0.1, -0.05) is 24.3 Å². The van der Waals surface area contributed by atoms with Gasteiger partial charge in [0, 0.05) is 30.8 Å². The Morgan fingerprint density at radius 2 is 1.93 bits per heavy atom. The van der Waals surface area contributed by atoms with Crippen LogP contribution in [0.5, 0.6) is 0 Å². The molecular formula is C20H22N4O3. The summed E-state index contributed by atoms with van der Waals surface area (Å²) in [4.78, 5) is 45.1. The number of nitrogens with zero attached hydrogens (tertiary/aromatic N) is 2. The predicted molar refractivity (Wildman–Crippen MR) is 99.2 cm³/mol. The summed E-state index contributed by atoms with van der Waals surface area (Å²) in [6.45, 7) is 2.21. The van der Waals surface area contributed by atoms with Crippen molar-refractivity contribution in [2.75, 3.05) is 6.54 Å². The Morgan fingerprint density at radius 1 is 1.22 bits per heavy atom. The van der Waals surface area contributed by atoms with Crippen LogP contribution < -0.4 is 10.9 Å². The lowest BCUT2D eigenvalue weighted by molar-refractivity contribution is -0.129. The average Bonchev–Trinajstić information content (AvgIpc) is 3.20. The van der Waals surface area contributed by atoms with Gasteiger partial charge in [0.15, 0.2) is 0 Å². The third-order valence-electron chi connectivity index (χ3n) is 5.34. The van der Waals surface area contributed by atoms with E-state index >= 15 is 0 Å². The van der Waals surface area contributed by atoms with Crippen molar-refractivity contribution in [3.8, 4) is 0 Å². The van der Waals surface area contributed by atoms with Crippen molar-refractivity contribution in [3.63, 3.8) is 0 Å². The first-order chi connectivity index (χ1) is 13.0. The maximum atomic E-state index is 12.5. The maximum Gasteiger partial charge on any atom is 0.254 e. The summed E-state index contributed by atoms with van der Waals surface area (Å²) in [5.41, 5.74) is 2.62. The number of H-pyrrole nitrogens is 1. The number of likely N-dealkylation sites (tertiary alicyclic amines) is 1. The van der Waals surface area contributed by atoms with Gasteiger partial charge in [-0.2, -0.15) is 0 Å². The molecule has 7 heteroatoms. The van der Waals surface area contributed by atoms with Crippen molar-refractivity contribution < 1.29 is 9.59 Å². The molecule has 2 aliphatic rings. The van der Waals surface area contributed by atoms with Crippen molar-refractivity contribution in [3.05, 3.63) is 63.3 Å². The molecule has 1 aliphatic heterocycles. The van der Waals surface area contributed by atoms with Crippen molar-refractivity contribution in [1.29, 1.82) is 0 Å². The highest BCUT2D eigenvalue weighted by Gasteiger charge is 2.37. The van der Waals surface area contributed by atoms with Crippen LogP contribution in [0.15, 0.2) is 35.3 Å². The van der Waals surface area contributed by atoms with E-state index in [0.717, 1.165) is 12.8 Å². The van der Waals surface area contributed by atoms with Crippen molar-refractivity contribution in [2.45, 2.75) is 44.7 Å². The minimum Gasteiger partial charge on any atom is -0.351 e. The number of amides is 2. The molecule has 1 aliphatic carbocycles. The lowest BCUT2D eigenvalue weighted by Gasteiger charge is -2.24. The van der Waals surface area contributed by atoms with Crippen LogP contribution in [0, 0.1) is 6.92 Å². The molecule has 0 saturated carbocycles. The first kappa shape index (κ1) is 17.5. The Kier molecular flexibility index (Phi) is 4.51. The molecule has 140 valence electrons. The summed E-state index contributed by atoms with van der Waals surface area (Å²) in [5, 5.41) is 2.89. The number of aryl methyl sites for hydroxylation is 1. The Balaban J connectivity index is 1.35. The molecule has 0 bridgehead atoms. The largest absolute Gasteiger partial charge is 0.351 e. The fraction of sp³-hybridized carbons (Fsp3) is 0.400. The van der Waals surface area contributed by atoms with Crippen LogP contribution in [0.2, 0.25) is 0 Å². The van der Waals surface area contributed by atoms with E-state index < -0.39 is 0 Å². The van der Waals surface area contributed by atoms with Gasteiger partial charge in [0.1, 0.15) is 5.82 Å². The SMILES string of the molecule is Cc1ncc(CC(=O)NC2CC(=O)N(C3Cc4ccccc4C3)C2)c(=O)[nH]1.